The second-order valence-electron chi connectivity index (χ2n) is 5.57. The summed E-state index contributed by atoms with van der Waals surface area (Å²) in [5.41, 5.74) is 9.07. The molecule has 1 rings (SSSR count). The van der Waals surface area contributed by atoms with Crippen LogP contribution in [0.15, 0.2) is 24.3 Å². The molecule has 1 aromatic rings. The smallest absolute Gasteiger partial charge is 0.0171 e. The summed E-state index contributed by atoms with van der Waals surface area (Å²) < 4.78 is 0. The van der Waals surface area contributed by atoms with E-state index in [1.54, 1.807) is 0 Å². The third-order valence-electron chi connectivity index (χ3n) is 2.85. The molecule has 17 heavy (non-hydrogen) atoms. The average Bonchev–Trinajstić information content (AvgIpc) is 2.26. The number of nitrogens with two attached hydrogens (primary N) is 1. The molecular formula is C15H25NS. The average molecular weight is 251 g/mol. The zero-order valence-corrected chi connectivity index (χ0v) is 12.3. The van der Waals surface area contributed by atoms with Crippen LogP contribution in [0.3, 0.4) is 0 Å². The van der Waals surface area contributed by atoms with Gasteiger partial charge in [-0.3, -0.25) is 0 Å². The third-order valence-corrected chi connectivity index (χ3v) is 3.93. The van der Waals surface area contributed by atoms with Crippen molar-refractivity contribution in [2.45, 2.75) is 45.6 Å². The molecule has 0 heterocycles. The molecule has 1 nitrogen and oxygen atoms in total. The Bertz CT molecular complexity index is 324. The van der Waals surface area contributed by atoms with Crippen molar-refractivity contribution in [2.75, 3.05) is 11.5 Å². The van der Waals surface area contributed by atoms with E-state index in [1.165, 1.54) is 11.1 Å². The number of hydrogen-bond acceptors (Lipinski definition) is 2. The molecule has 96 valence electrons. The number of hydrogen-bond donors (Lipinski definition) is 1. The highest BCUT2D eigenvalue weighted by Crippen LogP contribution is 2.22. The summed E-state index contributed by atoms with van der Waals surface area (Å²) in [7, 11) is 0. The van der Waals surface area contributed by atoms with E-state index in [4.69, 9.17) is 5.73 Å². The van der Waals surface area contributed by atoms with Crippen LogP contribution in [0.4, 0.5) is 0 Å². The molecule has 0 amide bonds. The Morgan fingerprint density at radius 1 is 1.18 bits per heavy atom. The highest BCUT2D eigenvalue weighted by molar-refractivity contribution is 7.99. The minimum absolute atomic E-state index is 0.235. The lowest BCUT2D eigenvalue weighted by Gasteiger charge is -2.19. The van der Waals surface area contributed by atoms with Gasteiger partial charge in [-0.25, -0.2) is 0 Å². The summed E-state index contributed by atoms with van der Waals surface area (Å²) in [5, 5.41) is 0. The van der Waals surface area contributed by atoms with Crippen molar-refractivity contribution in [3.05, 3.63) is 35.4 Å². The normalized spacial score (nSPS) is 13.7. The van der Waals surface area contributed by atoms with Gasteiger partial charge in [0.1, 0.15) is 0 Å². The maximum atomic E-state index is 6.09. The summed E-state index contributed by atoms with van der Waals surface area (Å²) in [6, 6.07) is 9.18. The fraction of sp³-hybridized carbons (Fsp3) is 0.600. The standard InChI is InChI=1S/C15H25NS/c1-5-17-11-14(16)10-12-6-8-13(9-7-12)15(2,3)4/h6-9,14H,5,10-11,16H2,1-4H3. The third kappa shape index (κ3) is 5.13. The molecule has 0 aliphatic rings. The first-order valence-corrected chi connectivity index (χ1v) is 7.51. The lowest BCUT2D eigenvalue weighted by Crippen LogP contribution is -2.25. The Kier molecular flexibility index (Phi) is 5.54. The molecule has 2 heteroatoms. The summed E-state index contributed by atoms with van der Waals surface area (Å²) >= 11 is 1.92. The summed E-state index contributed by atoms with van der Waals surface area (Å²) in [6.07, 6.45) is 0.984. The van der Waals surface area contributed by atoms with Crippen LogP contribution in [0, 0.1) is 0 Å². The van der Waals surface area contributed by atoms with Crippen molar-refractivity contribution in [1.82, 2.24) is 0 Å². The minimum Gasteiger partial charge on any atom is -0.327 e. The monoisotopic (exact) mass is 251 g/mol. The molecular weight excluding hydrogens is 226 g/mol. The van der Waals surface area contributed by atoms with Crippen molar-refractivity contribution >= 4 is 11.8 Å². The van der Waals surface area contributed by atoms with Gasteiger partial charge in [-0.2, -0.15) is 11.8 Å². The van der Waals surface area contributed by atoms with Crippen LogP contribution in [-0.4, -0.2) is 17.5 Å². The van der Waals surface area contributed by atoms with Crippen molar-refractivity contribution in [3.8, 4) is 0 Å². The predicted octanol–water partition coefficient (Wildman–Crippen LogP) is 3.61. The lowest BCUT2D eigenvalue weighted by atomic mass is 9.86. The molecule has 0 saturated carbocycles. The van der Waals surface area contributed by atoms with Gasteiger partial charge in [0.25, 0.3) is 0 Å². The largest absolute Gasteiger partial charge is 0.327 e. The van der Waals surface area contributed by atoms with Crippen LogP contribution in [0.2, 0.25) is 0 Å². The predicted molar refractivity (Wildman–Crippen MR) is 79.8 cm³/mol. The quantitative estimate of drug-likeness (QED) is 0.865. The molecule has 0 spiro atoms. The van der Waals surface area contributed by atoms with Gasteiger partial charge in [0, 0.05) is 11.8 Å². The Hall–Kier alpha value is -0.470. The molecule has 0 aliphatic carbocycles. The highest BCUT2D eigenvalue weighted by Gasteiger charge is 2.13. The molecule has 0 bridgehead atoms. The van der Waals surface area contributed by atoms with Gasteiger partial charge in [-0.05, 0) is 28.7 Å². The Morgan fingerprint density at radius 2 is 1.76 bits per heavy atom. The summed E-state index contributed by atoms with van der Waals surface area (Å²) in [6.45, 7) is 8.90. The Morgan fingerprint density at radius 3 is 2.24 bits per heavy atom. The van der Waals surface area contributed by atoms with E-state index in [9.17, 15) is 0 Å². The van der Waals surface area contributed by atoms with Gasteiger partial charge in [-0.1, -0.05) is 52.0 Å². The van der Waals surface area contributed by atoms with Gasteiger partial charge < -0.3 is 5.73 Å². The maximum Gasteiger partial charge on any atom is 0.0171 e. The molecule has 0 aliphatic heterocycles. The highest BCUT2D eigenvalue weighted by atomic mass is 32.2. The van der Waals surface area contributed by atoms with E-state index >= 15 is 0 Å². The van der Waals surface area contributed by atoms with Gasteiger partial charge >= 0.3 is 0 Å². The number of benzene rings is 1. The van der Waals surface area contributed by atoms with Crippen molar-refractivity contribution in [2.24, 2.45) is 5.73 Å². The second kappa shape index (κ2) is 6.46. The number of rotatable bonds is 5. The van der Waals surface area contributed by atoms with Crippen LogP contribution >= 0.6 is 11.8 Å². The molecule has 1 unspecified atom stereocenters. The molecule has 1 aromatic carbocycles. The number of thioether (sulfide) groups is 1. The van der Waals surface area contributed by atoms with Crippen LogP contribution in [0.5, 0.6) is 0 Å². The Labute approximate surface area is 110 Å². The van der Waals surface area contributed by atoms with E-state index in [-0.39, 0.29) is 11.5 Å². The first kappa shape index (κ1) is 14.6. The van der Waals surface area contributed by atoms with E-state index in [2.05, 4.69) is 52.0 Å². The minimum atomic E-state index is 0.235. The first-order chi connectivity index (χ1) is 7.93. The van der Waals surface area contributed by atoms with Crippen LogP contribution in [0.1, 0.15) is 38.8 Å². The Balaban J connectivity index is 2.56. The lowest BCUT2D eigenvalue weighted by molar-refractivity contribution is 0.589. The van der Waals surface area contributed by atoms with E-state index in [0.29, 0.717) is 0 Å². The molecule has 1 atom stereocenters. The summed E-state index contributed by atoms with van der Waals surface area (Å²) in [4.78, 5) is 0. The van der Waals surface area contributed by atoms with Crippen LogP contribution in [0.25, 0.3) is 0 Å². The molecule has 0 saturated heterocycles. The molecule has 0 radical (unpaired) electrons. The first-order valence-electron chi connectivity index (χ1n) is 6.36. The van der Waals surface area contributed by atoms with Crippen molar-refractivity contribution in [3.63, 3.8) is 0 Å². The van der Waals surface area contributed by atoms with Gasteiger partial charge in [0.15, 0.2) is 0 Å². The van der Waals surface area contributed by atoms with Crippen molar-refractivity contribution < 1.29 is 0 Å². The maximum absolute atomic E-state index is 6.09. The van der Waals surface area contributed by atoms with E-state index in [0.717, 1.165) is 17.9 Å². The van der Waals surface area contributed by atoms with Gasteiger partial charge in [0.05, 0.1) is 0 Å². The van der Waals surface area contributed by atoms with Crippen LogP contribution in [-0.2, 0) is 11.8 Å². The zero-order chi connectivity index (χ0) is 12.9. The summed E-state index contributed by atoms with van der Waals surface area (Å²) in [5.74, 6) is 2.20. The SMILES string of the molecule is CCSCC(N)Cc1ccc(C(C)(C)C)cc1. The molecule has 0 aromatic heterocycles. The fourth-order valence-corrected chi connectivity index (χ4v) is 2.43. The van der Waals surface area contributed by atoms with E-state index in [1.807, 2.05) is 11.8 Å². The fourth-order valence-electron chi connectivity index (χ4n) is 1.77. The molecule has 2 N–H and O–H groups in total. The zero-order valence-electron chi connectivity index (χ0n) is 11.5. The second-order valence-corrected chi connectivity index (χ2v) is 6.89. The molecule has 0 fully saturated rings. The van der Waals surface area contributed by atoms with Gasteiger partial charge in [0.2, 0.25) is 0 Å². The topological polar surface area (TPSA) is 26.0 Å². The van der Waals surface area contributed by atoms with Crippen molar-refractivity contribution in [1.29, 1.82) is 0 Å². The van der Waals surface area contributed by atoms with E-state index < -0.39 is 0 Å². The van der Waals surface area contributed by atoms with Crippen LogP contribution < -0.4 is 5.73 Å². The van der Waals surface area contributed by atoms with Gasteiger partial charge in [-0.15, -0.1) is 0 Å².